The van der Waals surface area contributed by atoms with Crippen LogP contribution in [0.5, 0.6) is 0 Å². The number of hydrogen-bond acceptors (Lipinski definition) is 5. The van der Waals surface area contributed by atoms with Gasteiger partial charge in [0, 0.05) is 31.9 Å². The van der Waals surface area contributed by atoms with Crippen LogP contribution in [0, 0.1) is 12.7 Å². The molecule has 27 heavy (non-hydrogen) atoms. The van der Waals surface area contributed by atoms with Gasteiger partial charge < -0.3 is 9.80 Å². The third-order valence-corrected chi connectivity index (χ3v) is 4.75. The van der Waals surface area contributed by atoms with Gasteiger partial charge in [-0.1, -0.05) is 12.1 Å². The van der Waals surface area contributed by atoms with E-state index in [1.807, 2.05) is 23.1 Å². The predicted molar refractivity (Wildman–Crippen MR) is 98.4 cm³/mol. The van der Waals surface area contributed by atoms with Crippen molar-refractivity contribution < 1.29 is 9.18 Å². The monoisotopic (exact) mass is 366 g/mol. The number of aromatic nitrogens is 4. The van der Waals surface area contributed by atoms with Crippen LogP contribution in [0.15, 0.2) is 48.5 Å². The Morgan fingerprint density at radius 1 is 1.00 bits per heavy atom. The molecule has 1 fully saturated rings. The lowest BCUT2D eigenvalue weighted by molar-refractivity contribution is 0.0746. The first-order valence-corrected chi connectivity index (χ1v) is 8.77. The normalized spacial score (nSPS) is 14.4. The highest BCUT2D eigenvalue weighted by atomic mass is 19.1. The van der Waals surface area contributed by atoms with E-state index in [0.29, 0.717) is 43.3 Å². The zero-order valence-electron chi connectivity index (χ0n) is 14.9. The van der Waals surface area contributed by atoms with Gasteiger partial charge in [-0.3, -0.25) is 4.79 Å². The maximum Gasteiger partial charge on any atom is 0.256 e. The maximum atomic E-state index is 13.1. The zero-order valence-corrected chi connectivity index (χ0v) is 14.9. The van der Waals surface area contributed by atoms with Crippen molar-refractivity contribution in [3.8, 4) is 5.69 Å². The summed E-state index contributed by atoms with van der Waals surface area (Å²) in [6.45, 7) is 4.38. The van der Waals surface area contributed by atoms with E-state index in [9.17, 15) is 9.18 Å². The highest BCUT2D eigenvalue weighted by molar-refractivity contribution is 5.98. The molecule has 2 heterocycles. The molecular formula is C19H19FN6O. The molecule has 0 N–H and O–H groups in total. The van der Waals surface area contributed by atoms with Crippen LogP contribution >= 0.6 is 0 Å². The molecule has 2 aromatic carbocycles. The van der Waals surface area contributed by atoms with Gasteiger partial charge in [0.05, 0.1) is 11.3 Å². The highest BCUT2D eigenvalue weighted by Gasteiger charge is 2.25. The lowest BCUT2D eigenvalue weighted by Crippen LogP contribution is -2.49. The van der Waals surface area contributed by atoms with Crippen LogP contribution in [-0.4, -0.2) is 57.2 Å². The summed E-state index contributed by atoms with van der Waals surface area (Å²) in [5.41, 5.74) is 2.21. The maximum absolute atomic E-state index is 13.1. The van der Waals surface area contributed by atoms with Crippen LogP contribution in [-0.2, 0) is 0 Å². The summed E-state index contributed by atoms with van der Waals surface area (Å²) in [4.78, 5) is 17.1. The number of amides is 1. The van der Waals surface area contributed by atoms with Gasteiger partial charge >= 0.3 is 0 Å². The zero-order chi connectivity index (χ0) is 18.8. The van der Waals surface area contributed by atoms with Crippen molar-refractivity contribution in [1.82, 2.24) is 25.1 Å². The van der Waals surface area contributed by atoms with Gasteiger partial charge in [0.2, 0.25) is 0 Å². The molecule has 1 aliphatic rings. The van der Waals surface area contributed by atoms with E-state index in [1.54, 1.807) is 29.8 Å². The first kappa shape index (κ1) is 17.1. The van der Waals surface area contributed by atoms with Gasteiger partial charge in [0.1, 0.15) is 5.82 Å². The van der Waals surface area contributed by atoms with Crippen LogP contribution in [0.4, 0.5) is 10.1 Å². The highest BCUT2D eigenvalue weighted by Crippen LogP contribution is 2.20. The fourth-order valence-corrected chi connectivity index (χ4v) is 3.28. The first-order chi connectivity index (χ1) is 13.1. The van der Waals surface area contributed by atoms with Crippen LogP contribution < -0.4 is 4.90 Å². The van der Waals surface area contributed by atoms with Crippen molar-refractivity contribution in [2.45, 2.75) is 6.92 Å². The van der Waals surface area contributed by atoms with Gasteiger partial charge in [-0.25, -0.2) is 4.39 Å². The Labute approximate surface area is 156 Å². The minimum absolute atomic E-state index is 0.0424. The molecule has 138 valence electrons. The molecule has 0 unspecified atom stereocenters. The van der Waals surface area contributed by atoms with Gasteiger partial charge in [0.25, 0.3) is 5.91 Å². The van der Waals surface area contributed by atoms with Gasteiger partial charge in [-0.15, -0.1) is 5.10 Å². The molecule has 0 atom stereocenters. The smallest absolute Gasteiger partial charge is 0.256 e. The Bertz CT molecular complexity index is 947. The molecule has 0 bridgehead atoms. The van der Waals surface area contributed by atoms with E-state index in [2.05, 4.69) is 20.4 Å². The fourth-order valence-electron chi connectivity index (χ4n) is 3.28. The third-order valence-electron chi connectivity index (χ3n) is 4.75. The number of rotatable bonds is 3. The SMILES string of the molecule is Cc1nnnn1-c1ccccc1C(=O)N1CCN(c2ccc(F)cc2)CC1. The number of nitrogens with zero attached hydrogens (tertiary/aromatic N) is 6. The number of benzene rings is 2. The number of carbonyl (C=O) groups is 1. The summed E-state index contributed by atoms with van der Waals surface area (Å²) in [6.07, 6.45) is 0. The van der Waals surface area contributed by atoms with E-state index >= 15 is 0 Å². The van der Waals surface area contributed by atoms with E-state index in [0.717, 1.165) is 5.69 Å². The van der Waals surface area contributed by atoms with E-state index < -0.39 is 0 Å². The summed E-state index contributed by atoms with van der Waals surface area (Å²) in [5.74, 6) is 0.331. The molecule has 0 spiro atoms. The second-order valence-corrected chi connectivity index (χ2v) is 6.41. The summed E-state index contributed by atoms with van der Waals surface area (Å²) in [6, 6.07) is 13.8. The van der Waals surface area contributed by atoms with Crippen LogP contribution in [0.3, 0.4) is 0 Å². The lowest BCUT2D eigenvalue weighted by Gasteiger charge is -2.36. The third kappa shape index (κ3) is 3.38. The summed E-state index contributed by atoms with van der Waals surface area (Å²) < 4.78 is 14.7. The molecule has 1 saturated heterocycles. The van der Waals surface area contributed by atoms with Crippen molar-refractivity contribution in [2.75, 3.05) is 31.1 Å². The van der Waals surface area contributed by atoms with Gasteiger partial charge in [-0.05, 0) is 53.7 Å². The predicted octanol–water partition coefficient (Wildman–Crippen LogP) is 2.07. The molecule has 1 aromatic heterocycles. The van der Waals surface area contributed by atoms with Crippen molar-refractivity contribution in [1.29, 1.82) is 0 Å². The molecule has 1 amide bonds. The number of tetrazole rings is 1. The minimum atomic E-state index is -0.248. The van der Waals surface area contributed by atoms with Crippen LogP contribution in [0.2, 0.25) is 0 Å². The average Bonchev–Trinajstić information content (AvgIpc) is 3.14. The fraction of sp³-hybridized carbons (Fsp3) is 0.263. The van der Waals surface area contributed by atoms with Crippen molar-refractivity contribution >= 4 is 11.6 Å². The molecule has 8 heteroatoms. The Hall–Kier alpha value is -3.29. The Kier molecular flexibility index (Phi) is 4.53. The number of para-hydroxylation sites is 1. The summed E-state index contributed by atoms with van der Waals surface area (Å²) >= 11 is 0. The Balaban J connectivity index is 1.51. The lowest BCUT2D eigenvalue weighted by atomic mass is 10.1. The average molecular weight is 366 g/mol. The molecule has 0 aliphatic carbocycles. The van der Waals surface area contributed by atoms with Crippen molar-refractivity contribution in [3.05, 3.63) is 65.7 Å². The molecule has 0 radical (unpaired) electrons. The number of hydrogen-bond donors (Lipinski definition) is 0. The number of piperazine rings is 1. The summed E-state index contributed by atoms with van der Waals surface area (Å²) in [7, 11) is 0. The minimum Gasteiger partial charge on any atom is -0.368 e. The topological polar surface area (TPSA) is 67.2 Å². The van der Waals surface area contributed by atoms with Crippen LogP contribution in [0.1, 0.15) is 16.2 Å². The molecule has 1 aliphatic heterocycles. The number of halogens is 1. The number of anilines is 1. The van der Waals surface area contributed by atoms with Crippen molar-refractivity contribution in [3.63, 3.8) is 0 Å². The number of aryl methyl sites for hydroxylation is 1. The number of carbonyl (C=O) groups excluding carboxylic acids is 1. The summed E-state index contributed by atoms with van der Waals surface area (Å²) in [5, 5.41) is 11.5. The quantitative estimate of drug-likeness (QED) is 0.710. The second-order valence-electron chi connectivity index (χ2n) is 6.41. The Morgan fingerprint density at radius 3 is 2.37 bits per heavy atom. The largest absolute Gasteiger partial charge is 0.368 e. The second kappa shape index (κ2) is 7.14. The van der Waals surface area contributed by atoms with E-state index in [4.69, 9.17) is 0 Å². The molecule has 3 aromatic rings. The van der Waals surface area contributed by atoms with Crippen molar-refractivity contribution in [2.24, 2.45) is 0 Å². The van der Waals surface area contributed by atoms with E-state index in [-0.39, 0.29) is 11.7 Å². The molecule has 0 saturated carbocycles. The van der Waals surface area contributed by atoms with Gasteiger partial charge in [0.15, 0.2) is 5.82 Å². The first-order valence-electron chi connectivity index (χ1n) is 8.77. The Morgan fingerprint density at radius 2 is 1.70 bits per heavy atom. The van der Waals surface area contributed by atoms with Crippen LogP contribution in [0.25, 0.3) is 5.69 Å². The molecule has 4 rings (SSSR count). The molecule has 7 nitrogen and oxygen atoms in total. The van der Waals surface area contributed by atoms with Gasteiger partial charge in [-0.2, -0.15) is 4.68 Å². The standard InChI is InChI=1S/C19H19FN6O/c1-14-21-22-23-26(14)18-5-3-2-4-17(18)19(27)25-12-10-24(11-13-25)16-8-6-15(20)7-9-16/h2-9H,10-13H2,1H3. The molecular weight excluding hydrogens is 347 g/mol. The van der Waals surface area contributed by atoms with E-state index in [1.165, 1.54) is 12.1 Å².